The summed E-state index contributed by atoms with van der Waals surface area (Å²) in [7, 11) is 0. The van der Waals surface area contributed by atoms with E-state index in [0.717, 1.165) is 10.4 Å². The third-order valence-electron chi connectivity index (χ3n) is 1.71. The van der Waals surface area contributed by atoms with Crippen LogP contribution in [0.5, 0.6) is 0 Å². The molecule has 0 aliphatic carbocycles. The molecule has 0 aliphatic heterocycles. The molecule has 0 saturated heterocycles. The first kappa shape index (κ1) is 8.72. The third kappa shape index (κ3) is 1.62. The van der Waals surface area contributed by atoms with Crippen LogP contribution in [0.2, 0.25) is 0 Å². The average molecular weight is 172 g/mol. The van der Waals surface area contributed by atoms with Gasteiger partial charge in [-0.1, -0.05) is 20.8 Å². The van der Waals surface area contributed by atoms with Gasteiger partial charge >= 0.3 is 0 Å². The highest BCUT2D eigenvalue weighted by molar-refractivity contribution is 7.10. The molecule has 0 unspecified atom stereocenters. The summed E-state index contributed by atoms with van der Waals surface area (Å²) >= 11 is 1.48. The summed E-state index contributed by atoms with van der Waals surface area (Å²) in [6, 6.07) is 0. The van der Waals surface area contributed by atoms with E-state index in [-0.39, 0.29) is 11.2 Å². The van der Waals surface area contributed by atoms with E-state index in [0.29, 0.717) is 0 Å². The summed E-state index contributed by atoms with van der Waals surface area (Å²) in [6.45, 7) is 7.89. The predicted molar refractivity (Wildman–Crippen MR) is 47.7 cm³/mol. The fraction of sp³-hybridized carbons (Fsp3) is 0.556. The molecule has 0 aliphatic rings. The largest absolute Gasteiger partial charge is 0.205 e. The molecule has 0 atom stereocenters. The van der Waals surface area contributed by atoms with Crippen molar-refractivity contribution in [3.8, 4) is 0 Å². The number of hydrogen-bond acceptors (Lipinski definition) is 1. The minimum Gasteiger partial charge on any atom is -0.205 e. The second kappa shape index (κ2) is 2.59. The molecule has 0 radical (unpaired) electrons. The van der Waals surface area contributed by atoms with Gasteiger partial charge < -0.3 is 0 Å². The molecule has 1 aromatic heterocycles. The van der Waals surface area contributed by atoms with Crippen molar-refractivity contribution in [3.05, 3.63) is 21.6 Å². The van der Waals surface area contributed by atoms with Crippen molar-refractivity contribution in [2.45, 2.75) is 33.1 Å². The van der Waals surface area contributed by atoms with Crippen LogP contribution in [-0.4, -0.2) is 0 Å². The fourth-order valence-corrected chi connectivity index (χ4v) is 1.91. The fourth-order valence-electron chi connectivity index (χ4n) is 0.946. The number of halogens is 1. The highest BCUT2D eigenvalue weighted by atomic mass is 32.1. The zero-order valence-electron chi connectivity index (χ0n) is 7.36. The monoisotopic (exact) mass is 172 g/mol. The predicted octanol–water partition coefficient (Wildman–Crippen LogP) is 3.49. The van der Waals surface area contributed by atoms with Gasteiger partial charge in [0.1, 0.15) is 5.82 Å². The van der Waals surface area contributed by atoms with E-state index < -0.39 is 0 Å². The van der Waals surface area contributed by atoms with Gasteiger partial charge in [0, 0.05) is 10.4 Å². The standard InChI is InChI=1S/C9H13FS/c1-6-8(10)7(5-11-6)9(2,3)4/h5H,1-4H3. The van der Waals surface area contributed by atoms with Crippen LogP contribution in [0.4, 0.5) is 4.39 Å². The molecular formula is C9H13FS. The quantitative estimate of drug-likeness (QED) is 0.562. The first-order valence-electron chi connectivity index (χ1n) is 3.67. The van der Waals surface area contributed by atoms with Crippen molar-refractivity contribution < 1.29 is 4.39 Å². The van der Waals surface area contributed by atoms with Gasteiger partial charge in [0.25, 0.3) is 0 Å². The number of rotatable bonds is 0. The van der Waals surface area contributed by atoms with E-state index >= 15 is 0 Å². The first-order valence-corrected chi connectivity index (χ1v) is 4.55. The highest BCUT2D eigenvalue weighted by Gasteiger charge is 2.20. The van der Waals surface area contributed by atoms with Crippen molar-refractivity contribution in [1.29, 1.82) is 0 Å². The van der Waals surface area contributed by atoms with Gasteiger partial charge in [-0.2, -0.15) is 0 Å². The lowest BCUT2D eigenvalue weighted by molar-refractivity contribution is 0.525. The maximum Gasteiger partial charge on any atom is 0.140 e. The Morgan fingerprint density at radius 1 is 1.36 bits per heavy atom. The van der Waals surface area contributed by atoms with Crippen LogP contribution in [0.3, 0.4) is 0 Å². The Labute approximate surface area is 71.1 Å². The maximum atomic E-state index is 13.3. The van der Waals surface area contributed by atoms with Crippen LogP contribution in [0.25, 0.3) is 0 Å². The Bertz CT molecular complexity index is 255. The molecule has 0 spiro atoms. The molecule has 0 N–H and O–H groups in total. The Morgan fingerprint density at radius 2 is 1.91 bits per heavy atom. The van der Waals surface area contributed by atoms with Gasteiger partial charge in [-0.25, -0.2) is 4.39 Å². The molecule has 62 valence electrons. The van der Waals surface area contributed by atoms with E-state index in [4.69, 9.17) is 0 Å². The summed E-state index contributed by atoms with van der Waals surface area (Å²) in [5.74, 6) is -0.0255. The Morgan fingerprint density at radius 3 is 2.09 bits per heavy atom. The van der Waals surface area contributed by atoms with Gasteiger partial charge in [0.15, 0.2) is 0 Å². The van der Waals surface area contributed by atoms with E-state index in [2.05, 4.69) is 0 Å². The van der Waals surface area contributed by atoms with Gasteiger partial charge in [-0.05, 0) is 17.7 Å². The van der Waals surface area contributed by atoms with Gasteiger partial charge in [-0.3, -0.25) is 0 Å². The summed E-state index contributed by atoms with van der Waals surface area (Å²) in [5, 5.41) is 1.91. The molecular weight excluding hydrogens is 159 g/mol. The van der Waals surface area contributed by atoms with Crippen LogP contribution < -0.4 is 0 Å². The van der Waals surface area contributed by atoms with Crippen molar-refractivity contribution in [2.75, 3.05) is 0 Å². The lowest BCUT2D eigenvalue weighted by Crippen LogP contribution is -2.11. The Balaban J connectivity index is 3.15. The lowest BCUT2D eigenvalue weighted by atomic mass is 9.89. The van der Waals surface area contributed by atoms with E-state index in [1.54, 1.807) is 0 Å². The molecule has 1 rings (SSSR count). The normalized spacial score (nSPS) is 12.1. The van der Waals surface area contributed by atoms with Crippen molar-refractivity contribution in [1.82, 2.24) is 0 Å². The smallest absolute Gasteiger partial charge is 0.140 e. The molecule has 11 heavy (non-hydrogen) atoms. The minimum atomic E-state index is -0.0607. The van der Waals surface area contributed by atoms with Gasteiger partial charge in [0.05, 0.1) is 0 Å². The van der Waals surface area contributed by atoms with Crippen molar-refractivity contribution >= 4 is 11.3 Å². The SMILES string of the molecule is Cc1scc(C(C)(C)C)c1F. The zero-order chi connectivity index (χ0) is 8.65. The second-order valence-electron chi connectivity index (χ2n) is 3.77. The third-order valence-corrected chi connectivity index (χ3v) is 2.59. The average Bonchev–Trinajstić information content (AvgIpc) is 2.11. The molecule has 0 bridgehead atoms. The summed E-state index contributed by atoms with van der Waals surface area (Å²) in [6.07, 6.45) is 0. The van der Waals surface area contributed by atoms with Crippen molar-refractivity contribution in [3.63, 3.8) is 0 Å². The van der Waals surface area contributed by atoms with E-state index in [1.807, 2.05) is 33.1 Å². The summed E-state index contributed by atoms with van der Waals surface area (Å²) < 4.78 is 13.3. The first-order chi connectivity index (χ1) is 4.93. The minimum absolute atomic E-state index is 0.0255. The Hall–Kier alpha value is -0.370. The molecule has 0 aromatic carbocycles. The molecule has 1 aromatic rings. The van der Waals surface area contributed by atoms with Crippen LogP contribution in [0.1, 0.15) is 31.2 Å². The second-order valence-corrected chi connectivity index (χ2v) is 4.85. The number of thiophene rings is 1. The number of aryl methyl sites for hydroxylation is 1. The molecule has 1 heterocycles. The Kier molecular flexibility index (Phi) is 2.06. The van der Waals surface area contributed by atoms with Crippen LogP contribution >= 0.6 is 11.3 Å². The highest BCUT2D eigenvalue weighted by Crippen LogP contribution is 2.30. The van der Waals surface area contributed by atoms with Gasteiger partial charge in [0.2, 0.25) is 0 Å². The zero-order valence-corrected chi connectivity index (χ0v) is 8.18. The van der Waals surface area contributed by atoms with Crippen LogP contribution in [0, 0.1) is 12.7 Å². The summed E-state index contributed by atoms with van der Waals surface area (Å²) in [5.41, 5.74) is 0.773. The molecule has 0 saturated carbocycles. The van der Waals surface area contributed by atoms with Crippen LogP contribution in [-0.2, 0) is 5.41 Å². The molecule has 0 amide bonds. The van der Waals surface area contributed by atoms with Crippen LogP contribution in [0.15, 0.2) is 5.38 Å². The molecule has 0 nitrogen and oxygen atoms in total. The number of hydrogen-bond donors (Lipinski definition) is 0. The van der Waals surface area contributed by atoms with Gasteiger partial charge in [-0.15, -0.1) is 11.3 Å². The molecule has 2 heteroatoms. The summed E-state index contributed by atoms with van der Waals surface area (Å²) in [4.78, 5) is 0.787. The maximum absolute atomic E-state index is 13.3. The topological polar surface area (TPSA) is 0 Å². The lowest BCUT2D eigenvalue weighted by Gasteiger charge is -2.16. The molecule has 0 fully saturated rings. The van der Waals surface area contributed by atoms with E-state index in [1.165, 1.54) is 11.3 Å². The van der Waals surface area contributed by atoms with Crippen molar-refractivity contribution in [2.24, 2.45) is 0 Å². The van der Waals surface area contributed by atoms with E-state index in [9.17, 15) is 4.39 Å².